The Morgan fingerprint density at radius 3 is 2.37 bits per heavy atom. The molecule has 0 spiro atoms. The maximum absolute atomic E-state index is 11.0. The number of thiazole rings is 1. The number of nitrogens with zero attached hydrogens (tertiary/aromatic N) is 4. The van der Waals surface area contributed by atoms with Crippen LogP contribution in [-0.2, 0) is 6.42 Å². The summed E-state index contributed by atoms with van der Waals surface area (Å²) < 4.78 is 1.58. The first-order chi connectivity index (χ1) is 14.7. The summed E-state index contributed by atoms with van der Waals surface area (Å²) in [5, 5.41) is 15.3. The van der Waals surface area contributed by atoms with Crippen LogP contribution in [0.15, 0.2) is 60.7 Å². The maximum atomic E-state index is 11.0. The Morgan fingerprint density at radius 1 is 1.03 bits per heavy atom. The topological polar surface area (TPSA) is 53.7 Å². The van der Waals surface area contributed by atoms with Crippen LogP contribution < -0.4 is 0 Å². The first kappa shape index (κ1) is 19.3. The fourth-order valence-corrected chi connectivity index (χ4v) is 5.71. The number of likely N-dealkylation sites (tertiary alicyclic amines) is 1. The zero-order valence-corrected chi connectivity index (χ0v) is 17.9. The number of hydrogen-bond donors (Lipinski definition) is 1. The molecule has 3 heterocycles. The van der Waals surface area contributed by atoms with E-state index in [1.807, 2.05) is 13.0 Å². The number of hydrogen-bond acceptors (Lipinski definition) is 5. The van der Waals surface area contributed by atoms with Crippen LogP contribution in [-0.4, -0.2) is 37.7 Å². The van der Waals surface area contributed by atoms with Crippen LogP contribution in [0.2, 0.25) is 0 Å². The predicted molar refractivity (Wildman–Crippen MR) is 120 cm³/mol. The van der Waals surface area contributed by atoms with Gasteiger partial charge in [0.25, 0.3) is 0 Å². The second-order valence-electron chi connectivity index (χ2n) is 8.13. The quantitative estimate of drug-likeness (QED) is 0.503. The molecule has 2 aromatic heterocycles. The van der Waals surface area contributed by atoms with Gasteiger partial charge in [0.05, 0.1) is 10.9 Å². The lowest BCUT2D eigenvalue weighted by molar-refractivity contribution is 0.150. The Hall–Kier alpha value is -2.70. The molecular formula is C24H26N4OS. The van der Waals surface area contributed by atoms with E-state index < -0.39 is 0 Å². The van der Waals surface area contributed by atoms with Crippen molar-refractivity contribution in [2.75, 3.05) is 13.1 Å². The molecule has 6 heteroatoms. The molecule has 0 unspecified atom stereocenters. The molecule has 5 nitrogen and oxygen atoms in total. The van der Waals surface area contributed by atoms with Gasteiger partial charge in [0, 0.05) is 0 Å². The Bertz CT molecular complexity index is 1110. The first-order valence-electron chi connectivity index (χ1n) is 10.6. The van der Waals surface area contributed by atoms with E-state index in [2.05, 4.69) is 69.6 Å². The van der Waals surface area contributed by atoms with Crippen molar-refractivity contribution < 1.29 is 5.11 Å². The Kier molecular flexibility index (Phi) is 5.27. The number of piperidine rings is 1. The molecule has 1 fully saturated rings. The third kappa shape index (κ3) is 3.73. The van der Waals surface area contributed by atoms with Gasteiger partial charge < -0.3 is 5.11 Å². The van der Waals surface area contributed by atoms with E-state index in [0.717, 1.165) is 29.3 Å². The summed E-state index contributed by atoms with van der Waals surface area (Å²) in [7, 11) is 0. The van der Waals surface area contributed by atoms with E-state index in [9.17, 15) is 5.11 Å². The molecule has 4 aromatic rings. The van der Waals surface area contributed by atoms with Gasteiger partial charge in [-0.05, 0) is 56.3 Å². The summed E-state index contributed by atoms with van der Waals surface area (Å²) in [6.45, 7) is 3.89. The average Bonchev–Trinajstić information content (AvgIpc) is 3.28. The molecule has 0 saturated carbocycles. The normalized spacial score (nSPS) is 16.8. The summed E-state index contributed by atoms with van der Waals surface area (Å²) in [6.07, 6.45) is 3.48. The fraction of sp³-hybridized carbons (Fsp3) is 0.333. The van der Waals surface area contributed by atoms with Gasteiger partial charge in [-0.25, -0.2) is 4.98 Å². The third-order valence-electron chi connectivity index (χ3n) is 6.05. The summed E-state index contributed by atoms with van der Waals surface area (Å²) in [4.78, 5) is 8.65. The molecule has 0 bridgehead atoms. The lowest BCUT2D eigenvalue weighted by atomic mass is 9.89. The average molecular weight is 419 g/mol. The number of aryl methyl sites for hydroxylation is 1. The van der Waals surface area contributed by atoms with E-state index in [0.29, 0.717) is 11.7 Å². The lowest BCUT2D eigenvalue weighted by Gasteiger charge is -2.37. The highest BCUT2D eigenvalue weighted by molar-refractivity contribution is 7.17. The van der Waals surface area contributed by atoms with Crippen molar-refractivity contribution in [2.45, 2.75) is 32.2 Å². The van der Waals surface area contributed by atoms with Crippen molar-refractivity contribution in [3.05, 3.63) is 82.5 Å². The summed E-state index contributed by atoms with van der Waals surface area (Å²) in [5.74, 6) is 1.61. The largest absolute Gasteiger partial charge is 0.492 e. The van der Waals surface area contributed by atoms with Gasteiger partial charge in [-0.15, -0.1) is 5.10 Å². The second-order valence-corrected chi connectivity index (χ2v) is 9.13. The number of benzene rings is 2. The van der Waals surface area contributed by atoms with Gasteiger partial charge in [-0.3, -0.25) is 4.90 Å². The van der Waals surface area contributed by atoms with Crippen LogP contribution in [0.25, 0.3) is 4.96 Å². The summed E-state index contributed by atoms with van der Waals surface area (Å²) in [5.41, 5.74) is 2.63. The first-order valence-corrected chi connectivity index (χ1v) is 11.4. The molecule has 0 amide bonds. The molecule has 0 aliphatic carbocycles. The standard InChI is InChI=1S/C24H26N4OS/c1-17-25-24-28(26-17)23(29)22(30-24)21(20-10-6-3-7-11-20)27-14-12-19(13-15-27)16-18-8-4-2-5-9-18/h2-11,19,21,29H,12-16H2,1H3/t21-/m0/s1. The van der Waals surface area contributed by atoms with Gasteiger partial charge in [0.2, 0.25) is 10.8 Å². The molecule has 5 rings (SSSR count). The fourth-order valence-electron chi connectivity index (χ4n) is 4.55. The molecule has 2 aromatic carbocycles. The minimum Gasteiger partial charge on any atom is -0.492 e. The Labute approximate surface area is 180 Å². The zero-order chi connectivity index (χ0) is 20.5. The lowest BCUT2D eigenvalue weighted by Crippen LogP contribution is -2.37. The van der Waals surface area contributed by atoms with E-state index in [1.165, 1.54) is 24.0 Å². The summed E-state index contributed by atoms with van der Waals surface area (Å²) >= 11 is 1.54. The van der Waals surface area contributed by atoms with Crippen molar-refractivity contribution in [1.29, 1.82) is 0 Å². The van der Waals surface area contributed by atoms with Gasteiger partial charge in [-0.2, -0.15) is 4.52 Å². The van der Waals surface area contributed by atoms with Gasteiger partial charge in [-0.1, -0.05) is 72.0 Å². The Balaban J connectivity index is 1.40. The molecule has 0 radical (unpaired) electrons. The number of aromatic hydroxyl groups is 1. The van der Waals surface area contributed by atoms with Crippen LogP contribution >= 0.6 is 11.3 Å². The molecule has 1 aliphatic heterocycles. The van der Waals surface area contributed by atoms with Crippen molar-refractivity contribution in [3.63, 3.8) is 0 Å². The molecular weight excluding hydrogens is 392 g/mol. The van der Waals surface area contributed by atoms with Crippen LogP contribution in [0.3, 0.4) is 0 Å². The molecule has 1 N–H and O–H groups in total. The molecule has 30 heavy (non-hydrogen) atoms. The molecule has 1 saturated heterocycles. The highest BCUT2D eigenvalue weighted by atomic mass is 32.1. The monoisotopic (exact) mass is 418 g/mol. The minimum atomic E-state index is 0.0256. The van der Waals surface area contributed by atoms with Gasteiger partial charge >= 0.3 is 0 Å². The molecule has 154 valence electrons. The zero-order valence-electron chi connectivity index (χ0n) is 17.1. The Morgan fingerprint density at radius 2 is 1.70 bits per heavy atom. The highest BCUT2D eigenvalue weighted by Crippen LogP contribution is 2.41. The molecule has 1 atom stereocenters. The van der Waals surface area contributed by atoms with Crippen LogP contribution in [0.5, 0.6) is 5.88 Å². The summed E-state index contributed by atoms with van der Waals surface area (Å²) in [6, 6.07) is 21.3. The van der Waals surface area contributed by atoms with E-state index >= 15 is 0 Å². The smallest absolute Gasteiger partial charge is 0.230 e. The minimum absolute atomic E-state index is 0.0256. The van der Waals surface area contributed by atoms with Crippen molar-refractivity contribution in [3.8, 4) is 5.88 Å². The molecule has 1 aliphatic rings. The SMILES string of the molecule is Cc1nc2sc([C@H](c3ccccc3)N3CCC(Cc4ccccc4)CC3)c(O)n2n1. The van der Waals surface area contributed by atoms with Crippen LogP contribution in [0.1, 0.15) is 40.7 Å². The van der Waals surface area contributed by atoms with Crippen LogP contribution in [0.4, 0.5) is 0 Å². The van der Waals surface area contributed by atoms with E-state index in [1.54, 1.807) is 15.9 Å². The van der Waals surface area contributed by atoms with Gasteiger partial charge in [0.15, 0.2) is 0 Å². The maximum Gasteiger partial charge on any atom is 0.230 e. The van der Waals surface area contributed by atoms with Gasteiger partial charge in [0.1, 0.15) is 5.82 Å². The van der Waals surface area contributed by atoms with Crippen molar-refractivity contribution in [2.24, 2.45) is 5.92 Å². The predicted octanol–water partition coefficient (Wildman–Crippen LogP) is 4.85. The van der Waals surface area contributed by atoms with E-state index in [4.69, 9.17) is 0 Å². The van der Waals surface area contributed by atoms with Crippen molar-refractivity contribution in [1.82, 2.24) is 19.5 Å². The number of fused-ring (bicyclic) bond motifs is 1. The van der Waals surface area contributed by atoms with Crippen molar-refractivity contribution >= 4 is 16.3 Å². The number of rotatable bonds is 5. The van der Waals surface area contributed by atoms with Crippen LogP contribution in [0, 0.1) is 12.8 Å². The second kappa shape index (κ2) is 8.20. The highest BCUT2D eigenvalue weighted by Gasteiger charge is 2.32. The van der Waals surface area contributed by atoms with E-state index in [-0.39, 0.29) is 11.9 Å². The third-order valence-corrected chi connectivity index (χ3v) is 7.12. The number of aromatic nitrogens is 3.